The molecule has 28 heavy (non-hydrogen) atoms. The molecular weight excluding hydrogens is 357 g/mol. The Morgan fingerprint density at radius 1 is 1.43 bits per heavy atom. The van der Waals surface area contributed by atoms with Crippen LogP contribution in [0.1, 0.15) is 42.5 Å². The second kappa shape index (κ2) is 7.48. The van der Waals surface area contributed by atoms with Crippen LogP contribution in [-0.2, 0) is 18.0 Å². The zero-order valence-electron chi connectivity index (χ0n) is 16.9. The van der Waals surface area contributed by atoms with E-state index < -0.39 is 6.80 Å². The lowest BCUT2D eigenvalue weighted by Crippen LogP contribution is -2.52. The summed E-state index contributed by atoms with van der Waals surface area (Å²) in [6, 6.07) is 6.31. The lowest BCUT2D eigenvalue weighted by molar-refractivity contribution is -0.128. The zero-order chi connectivity index (χ0) is 20.0. The van der Waals surface area contributed by atoms with Gasteiger partial charge in [0.15, 0.2) is 6.80 Å². The van der Waals surface area contributed by atoms with Crippen molar-refractivity contribution in [1.82, 2.24) is 14.8 Å². The highest BCUT2D eigenvalue weighted by molar-refractivity contribution is 5.90. The minimum atomic E-state index is -0.512. The monoisotopic (exact) mass is 387 g/mol. The molecule has 2 N–H and O–H groups in total. The van der Waals surface area contributed by atoms with Crippen LogP contribution in [0.25, 0.3) is 10.9 Å². The van der Waals surface area contributed by atoms with Gasteiger partial charge in [-0.3, -0.25) is 4.79 Å². The largest absolute Gasteiger partial charge is 0.394 e. The highest BCUT2D eigenvalue weighted by Gasteiger charge is 2.42. The van der Waals surface area contributed by atoms with Crippen molar-refractivity contribution in [1.29, 1.82) is 0 Å². The lowest BCUT2D eigenvalue weighted by atomic mass is 9.72. The third-order valence-electron chi connectivity index (χ3n) is 6.95. The van der Waals surface area contributed by atoms with Crippen LogP contribution < -0.4 is 5.32 Å². The summed E-state index contributed by atoms with van der Waals surface area (Å²) in [5.74, 6) is 0.185. The van der Waals surface area contributed by atoms with Crippen molar-refractivity contribution in [3.63, 3.8) is 0 Å². The van der Waals surface area contributed by atoms with Gasteiger partial charge in [-0.1, -0.05) is 19.1 Å². The van der Waals surface area contributed by atoms with E-state index in [0.29, 0.717) is 12.6 Å². The SMILES string of the molecule is CC[C@@H](CO)NC(=O)[C@@H]1CC2c3cccc4c3c(c(C)n4CF)C[C@H]2N(C)C1. The number of likely N-dealkylation sites (N-methyl/N-ethyl adjacent to an activating group) is 1. The molecule has 4 rings (SSSR count). The summed E-state index contributed by atoms with van der Waals surface area (Å²) in [7, 11) is 2.09. The number of halogens is 1. The first-order chi connectivity index (χ1) is 13.5. The topological polar surface area (TPSA) is 57.5 Å². The van der Waals surface area contributed by atoms with Crippen molar-refractivity contribution in [2.24, 2.45) is 5.92 Å². The number of amides is 1. The second-order valence-corrected chi connectivity index (χ2v) is 8.40. The van der Waals surface area contributed by atoms with Crippen LogP contribution in [0.2, 0.25) is 0 Å². The normalized spacial score (nSPS) is 25.5. The highest BCUT2D eigenvalue weighted by atomic mass is 19.1. The predicted octanol–water partition coefficient (Wildman–Crippen LogP) is 2.72. The molecule has 1 unspecified atom stereocenters. The molecule has 152 valence electrons. The zero-order valence-corrected chi connectivity index (χ0v) is 16.9. The van der Waals surface area contributed by atoms with E-state index in [9.17, 15) is 14.3 Å². The van der Waals surface area contributed by atoms with Gasteiger partial charge in [0, 0.05) is 29.6 Å². The molecule has 1 fully saturated rings. The minimum absolute atomic E-state index is 0.0293. The van der Waals surface area contributed by atoms with Crippen molar-refractivity contribution in [2.45, 2.75) is 57.9 Å². The van der Waals surface area contributed by atoms with Gasteiger partial charge in [-0.15, -0.1) is 0 Å². The number of alkyl halides is 1. The Morgan fingerprint density at radius 2 is 2.21 bits per heavy atom. The maximum absolute atomic E-state index is 13.7. The summed E-state index contributed by atoms with van der Waals surface area (Å²) in [5, 5.41) is 13.6. The van der Waals surface area contributed by atoms with E-state index in [1.807, 2.05) is 26.0 Å². The number of carbonyl (C=O) groups is 1. The molecule has 0 saturated carbocycles. The molecule has 1 aromatic carbocycles. The van der Waals surface area contributed by atoms with Crippen LogP contribution in [0.15, 0.2) is 18.2 Å². The number of nitrogens with one attached hydrogen (secondary N) is 1. The molecule has 1 amide bonds. The fourth-order valence-electron chi connectivity index (χ4n) is 5.30. The van der Waals surface area contributed by atoms with E-state index in [1.54, 1.807) is 4.57 Å². The number of aliphatic hydroxyl groups is 1. The van der Waals surface area contributed by atoms with Gasteiger partial charge in [0.1, 0.15) is 0 Å². The van der Waals surface area contributed by atoms with Gasteiger partial charge in [-0.05, 0) is 50.4 Å². The molecule has 1 aliphatic heterocycles. The number of fused-ring (bicyclic) bond motifs is 2. The van der Waals surface area contributed by atoms with Crippen molar-refractivity contribution in [3.8, 4) is 0 Å². The number of aromatic nitrogens is 1. The van der Waals surface area contributed by atoms with E-state index in [-0.39, 0.29) is 30.4 Å². The lowest BCUT2D eigenvalue weighted by Gasteiger charge is -2.45. The smallest absolute Gasteiger partial charge is 0.224 e. The highest BCUT2D eigenvalue weighted by Crippen LogP contribution is 2.46. The molecular formula is C22H30FN3O2. The number of likely N-dealkylation sites (tertiary alicyclic amines) is 1. The summed E-state index contributed by atoms with van der Waals surface area (Å²) in [4.78, 5) is 15.1. The van der Waals surface area contributed by atoms with Crippen LogP contribution in [0.4, 0.5) is 4.39 Å². The van der Waals surface area contributed by atoms with Crippen LogP contribution in [0, 0.1) is 12.8 Å². The standard InChI is InChI=1S/C22H30FN3O2/c1-4-15(11-27)24-22(28)14-8-18-16-6-5-7-19-21(16)17(13(2)26(19)12-23)9-20(18)25(3)10-14/h5-7,14-15,18,20,27H,4,8-12H2,1-3H3,(H,24,28)/t14-,15+,18?,20-/m1/s1. The molecule has 4 atom stereocenters. The van der Waals surface area contributed by atoms with E-state index in [0.717, 1.165) is 30.5 Å². The van der Waals surface area contributed by atoms with Crippen molar-refractivity contribution in [2.75, 3.05) is 20.2 Å². The maximum Gasteiger partial charge on any atom is 0.224 e. The van der Waals surface area contributed by atoms with Crippen molar-refractivity contribution >= 4 is 16.8 Å². The Kier molecular flexibility index (Phi) is 5.19. The molecule has 2 aromatic rings. The van der Waals surface area contributed by atoms with E-state index in [4.69, 9.17) is 0 Å². The maximum atomic E-state index is 13.7. The quantitative estimate of drug-likeness (QED) is 0.829. The van der Waals surface area contributed by atoms with Gasteiger partial charge in [0.05, 0.1) is 24.1 Å². The number of carbonyl (C=O) groups excluding carboxylic acids is 1. The van der Waals surface area contributed by atoms with Crippen LogP contribution in [0.5, 0.6) is 0 Å². The summed E-state index contributed by atoms with van der Waals surface area (Å²) in [6.07, 6.45) is 2.41. The fraction of sp³-hybridized carbons (Fsp3) is 0.591. The molecule has 1 aromatic heterocycles. The number of hydrogen-bond acceptors (Lipinski definition) is 3. The number of rotatable bonds is 5. The van der Waals surface area contributed by atoms with Crippen molar-refractivity contribution < 1.29 is 14.3 Å². The average molecular weight is 387 g/mol. The van der Waals surface area contributed by atoms with Crippen molar-refractivity contribution in [3.05, 3.63) is 35.0 Å². The first-order valence-corrected chi connectivity index (χ1v) is 10.3. The molecule has 0 bridgehead atoms. The van der Waals surface area contributed by atoms with Crippen LogP contribution >= 0.6 is 0 Å². The Bertz CT molecular complexity index is 890. The van der Waals surface area contributed by atoms with Gasteiger partial charge in [-0.25, -0.2) is 4.39 Å². The molecule has 1 saturated heterocycles. The van der Waals surface area contributed by atoms with Crippen LogP contribution in [0.3, 0.4) is 0 Å². The molecule has 0 spiro atoms. The Labute approximate surface area is 165 Å². The second-order valence-electron chi connectivity index (χ2n) is 8.40. The van der Waals surface area contributed by atoms with Crippen LogP contribution in [-0.4, -0.2) is 52.8 Å². The number of benzene rings is 1. The molecule has 2 aliphatic rings. The predicted molar refractivity (Wildman–Crippen MR) is 108 cm³/mol. The molecule has 0 radical (unpaired) electrons. The summed E-state index contributed by atoms with van der Waals surface area (Å²) < 4.78 is 15.5. The van der Waals surface area contributed by atoms with Gasteiger partial charge in [0.2, 0.25) is 5.91 Å². The summed E-state index contributed by atoms with van der Waals surface area (Å²) in [6.45, 7) is 4.14. The number of aliphatic hydroxyl groups excluding tert-OH is 1. The molecule has 2 heterocycles. The Morgan fingerprint density at radius 3 is 2.89 bits per heavy atom. The first kappa shape index (κ1) is 19.4. The molecule has 5 nitrogen and oxygen atoms in total. The number of nitrogens with zero attached hydrogens (tertiary/aromatic N) is 2. The van der Waals surface area contributed by atoms with Gasteiger partial charge >= 0.3 is 0 Å². The Hall–Kier alpha value is -1.92. The average Bonchev–Trinajstić information content (AvgIpc) is 2.98. The van der Waals surface area contributed by atoms with E-state index >= 15 is 0 Å². The van der Waals surface area contributed by atoms with Gasteiger partial charge in [0.25, 0.3) is 0 Å². The third-order valence-corrected chi connectivity index (χ3v) is 6.95. The third kappa shape index (κ3) is 2.94. The number of piperidine rings is 1. The Balaban J connectivity index is 1.69. The fourth-order valence-corrected chi connectivity index (χ4v) is 5.30. The van der Waals surface area contributed by atoms with E-state index in [2.05, 4.69) is 23.3 Å². The first-order valence-electron chi connectivity index (χ1n) is 10.3. The summed E-state index contributed by atoms with van der Waals surface area (Å²) in [5.41, 5.74) is 4.49. The molecule has 6 heteroatoms. The molecule has 1 aliphatic carbocycles. The summed E-state index contributed by atoms with van der Waals surface area (Å²) >= 11 is 0. The minimum Gasteiger partial charge on any atom is -0.394 e. The van der Waals surface area contributed by atoms with Gasteiger partial charge < -0.3 is 19.9 Å². The van der Waals surface area contributed by atoms with Gasteiger partial charge in [-0.2, -0.15) is 0 Å². The number of hydrogen-bond donors (Lipinski definition) is 2. The van der Waals surface area contributed by atoms with E-state index in [1.165, 1.54) is 16.5 Å².